The van der Waals surface area contributed by atoms with Crippen LogP contribution < -0.4 is 5.56 Å². The van der Waals surface area contributed by atoms with Crippen LogP contribution in [-0.2, 0) is 6.54 Å². The van der Waals surface area contributed by atoms with Crippen molar-refractivity contribution in [1.29, 1.82) is 0 Å². The van der Waals surface area contributed by atoms with Gasteiger partial charge in [-0.2, -0.15) is 0 Å². The third-order valence-corrected chi connectivity index (χ3v) is 4.16. The number of carboxylic acids is 1. The Labute approximate surface area is 124 Å². The van der Waals surface area contributed by atoms with Gasteiger partial charge < -0.3 is 9.67 Å². The van der Waals surface area contributed by atoms with E-state index < -0.39 is 5.97 Å². The molecule has 0 aliphatic heterocycles. The Hall–Kier alpha value is -2.47. The van der Waals surface area contributed by atoms with Crippen LogP contribution in [0.1, 0.15) is 21.1 Å². The van der Waals surface area contributed by atoms with Gasteiger partial charge in [0.25, 0.3) is 5.56 Å². The first-order chi connectivity index (χ1) is 10.1. The Bertz CT molecular complexity index is 895. The van der Waals surface area contributed by atoms with Crippen molar-refractivity contribution in [3.63, 3.8) is 0 Å². The van der Waals surface area contributed by atoms with Crippen LogP contribution in [0.15, 0.2) is 40.5 Å². The number of nitrogens with zero attached hydrogens (tertiary/aromatic N) is 2. The minimum Gasteiger partial charge on any atom is -0.478 e. The Kier molecular flexibility index (Phi) is 3.31. The van der Waals surface area contributed by atoms with Crippen molar-refractivity contribution in [2.45, 2.75) is 13.5 Å². The molecule has 3 rings (SSSR count). The Balaban J connectivity index is 2.23. The zero-order valence-corrected chi connectivity index (χ0v) is 12.1. The number of rotatable bonds is 3. The van der Waals surface area contributed by atoms with Crippen molar-refractivity contribution in [3.05, 3.63) is 62.3 Å². The highest BCUT2D eigenvalue weighted by Gasteiger charge is 2.14. The Morgan fingerprint density at radius 3 is 2.81 bits per heavy atom. The van der Waals surface area contributed by atoms with Gasteiger partial charge in [0.05, 0.1) is 17.6 Å². The van der Waals surface area contributed by atoms with Crippen LogP contribution in [0.3, 0.4) is 0 Å². The molecule has 106 valence electrons. The summed E-state index contributed by atoms with van der Waals surface area (Å²) in [6.45, 7) is 2.24. The number of aryl methyl sites for hydroxylation is 1. The first kappa shape index (κ1) is 13.5. The fraction of sp³-hybridized carbons (Fsp3) is 0.133. The van der Waals surface area contributed by atoms with Gasteiger partial charge in [-0.3, -0.25) is 4.79 Å². The summed E-state index contributed by atoms with van der Waals surface area (Å²) in [6, 6.07) is 8.19. The van der Waals surface area contributed by atoms with Crippen molar-refractivity contribution in [2.24, 2.45) is 0 Å². The fourth-order valence-corrected chi connectivity index (χ4v) is 3.04. The number of hydrogen-bond donors (Lipinski definition) is 1. The third-order valence-electron chi connectivity index (χ3n) is 3.21. The normalized spacial score (nSPS) is 10.9. The Morgan fingerprint density at radius 1 is 1.38 bits per heavy atom. The number of carboxylic acid groups (broad SMARTS) is 1. The molecule has 1 N–H and O–H groups in total. The highest BCUT2D eigenvalue weighted by Crippen LogP contribution is 2.19. The molecule has 2 heterocycles. The van der Waals surface area contributed by atoms with Gasteiger partial charge in [0.2, 0.25) is 0 Å². The molecule has 0 unspecified atom stereocenters. The monoisotopic (exact) mass is 300 g/mol. The number of thiazole rings is 1. The van der Waals surface area contributed by atoms with E-state index in [0.717, 1.165) is 10.7 Å². The van der Waals surface area contributed by atoms with Gasteiger partial charge in [0.1, 0.15) is 5.01 Å². The van der Waals surface area contributed by atoms with Gasteiger partial charge in [-0.05, 0) is 13.0 Å². The third kappa shape index (κ3) is 2.45. The smallest absolute Gasteiger partial charge is 0.336 e. The standard InChI is InChI=1S/C15H12N2O3S/c1-9-8-21-13(16-9)7-17-12-5-3-2-4-10(12)11(15(19)20)6-14(17)18/h2-6,8H,7H2,1H3,(H,19,20). The van der Waals surface area contributed by atoms with Gasteiger partial charge >= 0.3 is 5.97 Å². The van der Waals surface area contributed by atoms with Crippen LogP contribution in [0.4, 0.5) is 0 Å². The van der Waals surface area contributed by atoms with E-state index in [4.69, 9.17) is 0 Å². The number of fused-ring (bicyclic) bond motifs is 1. The summed E-state index contributed by atoms with van der Waals surface area (Å²) in [5.74, 6) is -1.10. The lowest BCUT2D eigenvalue weighted by Gasteiger charge is -2.10. The second-order valence-corrected chi connectivity index (χ2v) is 5.63. The second-order valence-electron chi connectivity index (χ2n) is 4.69. The second kappa shape index (κ2) is 5.14. The van der Waals surface area contributed by atoms with E-state index in [2.05, 4.69) is 4.98 Å². The molecule has 0 atom stereocenters. The molecule has 2 aromatic heterocycles. The lowest BCUT2D eigenvalue weighted by Crippen LogP contribution is -2.22. The van der Waals surface area contributed by atoms with E-state index in [1.54, 1.807) is 28.8 Å². The average Bonchev–Trinajstić information content (AvgIpc) is 2.87. The number of aromatic nitrogens is 2. The minimum absolute atomic E-state index is 0.0298. The zero-order valence-electron chi connectivity index (χ0n) is 11.2. The van der Waals surface area contributed by atoms with Crippen molar-refractivity contribution in [1.82, 2.24) is 9.55 Å². The number of para-hydroxylation sites is 1. The van der Waals surface area contributed by atoms with Crippen LogP contribution >= 0.6 is 11.3 Å². The number of carbonyl (C=O) groups is 1. The molecular formula is C15H12N2O3S. The molecule has 0 saturated heterocycles. The van der Waals surface area contributed by atoms with E-state index in [9.17, 15) is 14.7 Å². The highest BCUT2D eigenvalue weighted by atomic mass is 32.1. The number of pyridine rings is 1. The summed E-state index contributed by atoms with van der Waals surface area (Å²) in [5.41, 5.74) is 1.21. The lowest BCUT2D eigenvalue weighted by molar-refractivity contribution is 0.0698. The first-order valence-electron chi connectivity index (χ1n) is 6.33. The van der Waals surface area contributed by atoms with Crippen molar-refractivity contribution in [3.8, 4) is 0 Å². The number of benzene rings is 1. The summed E-state index contributed by atoms with van der Waals surface area (Å²) in [6.07, 6.45) is 0. The number of aromatic carboxylic acids is 1. The van der Waals surface area contributed by atoms with Crippen molar-refractivity contribution < 1.29 is 9.90 Å². The van der Waals surface area contributed by atoms with Crippen LogP contribution in [0.25, 0.3) is 10.9 Å². The summed E-state index contributed by atoms with van der Waals surface area (Å²) >= 11 is 1.48. The number of hydrogen-bond acceptors (Lipinski definition) is 4. The van der Waals surface area contributed by atoms with Crippen LogP contribution in [-0.4, -0.2) is 20.6 Å². The molecule has 0 saturated carbocycles. The van der Waals surface area contributed by atoms with Crippen molar-refractivity contribution in [2.75, 3.05) is 0 Å². The van der Waals surface area contributed by atoms with Crippen LogP contribution in [0.2, 0.25) is 0 Å². The fourth-order valence-electron chi connectivity index (χ4n) is 2.29. The Morgan fingerprint density at radius 2 is 2.14 bits per heavy atom. The van der Waals surface area contributed by atoms with E-state index in [0.29, 0.717) is 17.4 Å². The van der Waals surface area contributed by atoms with Crippen LogP contribution in [0, 0.1) is 6.92 Å². The lowest BCUT2D eigenvalue weighted by atomic mass is 10.1. The van der Waals surface area contributed by atoms with E-state index in [1.165, 1.54) is 17.4 Å². The van der Waals surface area contributed by atoms with Gasteiger partial charge in [-0.15, -0.1) is 11.3 Å². The molecule has 0 aliphatic rings. The van der Waals surface area contributed by atoms with E-state index >= 15 is 0 Å². The van der Waals surface area contributed by atoms with Gasteiger partial charge in [-0.1, -0.05) is 18.2 Å². The maximum atomic E-state index is 12.2. The molecule has 0 fully saturated rings. The maximum Gasteiger partial charge on any atom is 0.336 e. The summed E-state index contributed by atoms with van der Waals surface area (Å²) in [7, 11) is 0. The predicted molar refractivity (Wildman–Crippen MR) is 81.1 cm³/mol. The maximum absolute atomic E-state index is 12.2. The van der Waals surface area contributed by atoms with E-state index in [-0.39, 0.29) is 11.1 Å². The summed E-state index contributed by atoms with van der Waals surface area (Å²) in [5, 5.41) is 12.5. The molecule has 0 spiro atoms. The summed E-state index contributed by atoms with van der Waals surface area (Å²) in [4.78, 5) is 27.9. The van der Waals surface area contributed by atoms with E-state index in [1.807, 2.05) is 12.3 Å². The predicted octanol–water partition coefficient (Wildman–Crippen LogP) is 2.51. The zero-order chi connectivity index (χ0) is 15.0. The highest BCUT2D eigenvalue weighted by molar-refractivity contribution is 7.09. The molecule has 0 amide bonds. The van der Waals surface area contributed by atoms with Gasteiger partial charge in [-0.25, -0.2) is 9.78 Å². The molecular weight excluding hydrogens is 288 g/mol. The molecule has 5 nitrogen and oxygen atoms in total. The first-order valence-corrected chi connectivity index (χ1v) is 7.21. The average molecular weight is 300 g/mol. The topological polar surface area (TPSA) is 72.2 Å². The molecule has 1 aromatic carbocycles. The molecule has 3 aromatic rings. The SMILES string of the molecule is Cc1csc(Cn2c(=O)cc(C(=O)O)c3ccccc32)n1. The molecule has 0 radical (unpaired) electrons. The molecule has 6 heteroatoms. The largest absolute Gasteiger partial charge is 0.478 e. The quantitative estimate of drug-likeness (QED) is 0.806. The molecule has 21 heavy (non-hydrogen) atoms. The minimum atomic E-state index is -1.10. The van der Waals surface area contributed by atoms with Gasteiger partial charge in [0.15, 0.2) is 0 Å². The van der Waals surface area contributed by atoms with Gasteiger partial charge in [0, 0.05) is 22.5 Å². The molecule has 0 aliphatic carbocycles. The molecule has 0 bridgehead atoms. The van der Waals surface area contributed by atoms with Crippen LogP contribution in [0.5, 0.6) is 0 Å². The summed E-state index contributed by atoms with van der Waals surface area (Å²) < 4.78 is 1.56. The van der Waals surface area contributed by atoms with Crippen molar-refractivity contribution >= 4 is 28.2 Å².